The molecule has 1 fully saturated rings. The molecular formula is C19H29N5O3. The number of guanidine groups is 1. The second kappa shape index (κ2) is 10.4. The van der Waals surface area contributed by atoms with Gasteiger partial charge in [0.25, 0.3) is 0 Å². The number of carbonyl (C=O) groups excluding carboxylic acids is 2. The van der Waals surface area contributed by atoms with Gasteiger partial charge >= 0.3 is 6.09 Å². The van der Waals surface area contributed by atoms with Crippen molar-refractivity contribution in [2.75, 3.05) is 45.2 Å². The van der Waals surface area contributed by atoms with Crippen LogP contribution in [0.25, 0.3) is 0 Å². The molecule has 1 aromatic rings. The molecule has 0 bridgehead atoms. The van der Waals surface area contributed by atoms with Gasteiger partial charge in [-0.2, -0.15) is 0 Å². The number of benzene rings is 1. The molecule has 0 aliphatic carbocycles. The maximum absolute atomic E-state index is 11.8. The van der Waals surface area contributed by atoms with E-state index in [9.17, 15) is 9.59 Å². The van der Waals surface area contributed by atoms with Gasteiger partial charge < -0.3 is 20.3 Å². The lowest BCUT2D eigenvalue weighted by atomic mass is 10.2. The molecule has 8 nitrogen and oxygen atoms in total. The quantitative estimate of drug-likeness (QED) is 0.409. The first kappa shape index (κ1) is 20.5. The zero-order valence-electron chi connectivity index (χ0n) is 16.3. The number of nitrogens with one attached hydrogen (secondary N) is 2. The Hall–Kier alpha value is -2.77. The maximum atomic E-state index is 11.8. The number of nitrogens with zero attached hydrogens (tertiary/aromatic N) is 3. The Labute approximate surface area is 160 Å². The summed E-state index contributed by atoms with van der Waals surface area (Å²) in [5.41, 5.74) is 1.84. The van der Waals surface area contributed by atoms with Gasteiger partial charge in [-0.05, 0) is 24.1 Å². The van der Waals surface area contributed by atoms with E-state index >= 15 is 0 Å². The van der Waals surface area contributed by atoms with Crippen LogP contribution < -0.4 is 15.5 Å². The molecule has 148 valence electrons. The number of unbranched alkanes of at least 4 members (excludes halogenated alkanes) is 1. The minimum Gasteiger partial charge on any atom is -0.447 e. The Kier molecular flexibility index (Phi) is 7.91. The third-order valence-corrected chi connectivity index (χ3v) is 4.16. The highest BCUT2D eigenvalue weighted by Crippen LogP contribution is 2.19. The minimum absolute atomic E-state index is 0.0122. The lowest BCUT2D eigenvalue weighted by Gasteiger charge is -2.15. The summed E-state index contributed by atoms with van der Waals surface area (Å²) in [5, 5.41) is 6.32. The van der Waals surface area contributed by atoms with Crippen LogP contribution in [0.15, 0.2) is 29.3 Å². The molecule has 0 radical (unpaired) electrons. The van der Waals surface area contributed by atoms with Crippen LogP contribution in [0.1, 0.15) is 25.3 Å². The number of anilines is 1. The molecule has 2 rings (SSSR count). The van der Waals surface area contributed by atoms with Crippen LogP contribution in [0, 0.1) is 0 Å². The Bertz CT molecular complexity index is 658. The summed E-state index contributed by atoms with van der Waals surface area (Å²) in [4.78, 5) is 31.1. The highest BCUT2D eigenvalue weighted by Gasteiger charge is 2.23. The molecule has 1 saturated heterocycles. The van der Waals surface area contributed by atoms with E-state index in [0.717, 1.165) is 30.6 Å². The van der Waals surface area contributed by atoms with Crippen molar-refractivity contribution in [3.05, 3.63) is 29.8 Å². The van der Waals surface area contributed by atoms with Crippen LogP contribution in [0.4, 0.5) is 10.5 Å². The van der Waals surface area contributed by atoms with Crippen molar-refractivity contribution in [3.8, 4) is 0 Å². The van der Waals surface area contributed by atoms with Gasteiger partial charge in [0.05, 0.1) is 19.6 Å². The average Bonchev–Trinajstić information content (AvgIpc) is 3.09. The van der Waals surface area contributed by atoms with Crippen LogP contribution in [0.5, 0.6) is 0 Å². The Morgan fingerprint density at radius 1 is 1.26 bits per heavy atom. The third-order valence-electron chi connectivity index (χ3n) is 4.16. The zero-order chi connectivity index (χ0) is 19.6. The maximum Gasteiger partial charge on any atom is 0.414 e. The van der Waals surface area contributed by atoms with Crippen molar-refractivity contribution in [1.29, 1.82) is 0 Å². The Balaban J connectivity index is 1.96. The lowest BCUT2D eigenvalue weighted by Crippen LogP contribution is -2.43. The van der Waals surface area contributed by atoms with Gasteiger partial charge in [0, 0.05) is 26.3 Å². The molecule has 0 aromatic heterocycles. The number of ether oxygens (including phenoxy) is 1. The van der Waals surface area contributed by atoms with Crippen molar-refractivity contribution in [3.63, 3.8) is 0 Å². The number of hydrogen-bond donors (Lipinski definition) is 2. The second-order valence-electron chi connectivity index (χ2n) is 6.52. The Morgan fingerprint density at radius 3 is 2.59 bits per heavy atom. The summed E-state index contributed by atoms with van der Waals surface area (Å²) < 4.78 is 4.96. The number of carbonyl (C=O) groups is 2. The third kappa shape index (κ3) is 6.47. The molecule has 27 heavy (non-hydrogen) atoms. The normalized spacial score (nSPS) is 14.1. The molecule has 2 N–H and O–H groups in total. The molecule has 0 atom stereocenters. The Morgan fingerprint density at radius 2 is 2.00 bits per heavy atom. The molecule has 0 saturated carbocycles. The molecule has 0 spiro atoms. The van der Waals surface area contributed by atoms with Gasteiger partial charge in [0.2, 0.25) is 5.91 Å². The monoisotopic (exact) mass is 375 g/mol. The average molecular weight is 375 g/mol. The molecule has 1 aromatic carbocycles. The zero-order valence-corrected chi connectivity index (χ0v) is 16.3. The number of likely N-dealkylation sites (N-methyl/N-ethyl adjacent to an activating group) is 1. The first-order valence-electron chi connectivity index (χ1n) is 9.27. The van der Waals surface area contributed by atoms with Crippen LogP contribution in [-0.2, 0) is 16.1 Å². The van der Waals surface area contributed by atoms with E-state index in [1.54, 1.807) is 23.9 Å². The molecular weight excluding hydrogens is 346 g/mol. The summed E-state index contributed by atoms with van der Waals surface area (Å²) >= 11 is 0. The largest absolute Gasteiger partial charge is 0.447 e. The van der Waals surface area contributed by atoms with Crippen LogP contribution in [-0.4, -0.2) is 63.2 Å². The van der Waals surface area contributed by atoms with Gasteiger partial charge in [-0.15, -0.1) is 0 Å². The fourth-order valence-electron chi connectivity index (χ4n) is 2.45. The first-order valence-corrected chi connectivity index (χ1v) is 9.27. The van der Waals surface area contributed by atoms with E-state index in [2.05, 4.69) is 22.5 Å². The number of cyclic esters (lactones) is 1. The molecule has 0 unspecified atom stereocenters. The first-order chi connectivity index (χ1) is 13.0. The predicted molar refractivity (Wildman–Crippen MR) is 106 cm³/mol. The van der Waals surface area contributed by atoms with Crippen molar-refractivity contribution >= 4 is 23.6 Å². The van der Waals surface area contributed by atoms with E-state index in [0.29, 0.717) is 25.7 Å². The van der Waals surface area contributed by atoms with E-state index in [1.165, 1.54) is 0 Å². The molecule has 1 aliphatic heterocycles. The number of amides is 2. The van der Waals surface area contributed by atoms with Crippen LogP contribution >= 0.6 is 0 Å². The van der Waals surface area contributed by atoms with Crippen molar-refractivity contribution in [2.24, 2.45) is 4.99 Å². The van der Waals surface area contributed by atoms with E-state index in [4.69, 9.17) is 4.74 Å². The molecule has 1 aliphatic rings. The van der Waals surface area contributed by atoms with E-state index < -0.39 is 0 Å². The standard InChI is InChI=1S/C19H29N5O3/c1-4-5-10-20-18(22-14-17(25)23(2)3)21-13-15-6-8-16(9-7-15)24-11-12-27-19(24)26/h6-9H,4-5,10-14H2,1-3H3,(H2,20,21,22). The molecule has 2 amide bonds. The summed E-state index contributed by atoms with van der Waals surface area (Å²) in [7, 11) is 3.45. The molecule has 1 heterocycles. The molecule has 8 heteroatoms. The number of hydrogen-bond acceptors (Lipinski definition) is 4. The van der Waals surface area contributed by atoms with Crippen LogP contribution in [0.3, 0.4) is 0 Å². The van der Waals surface area contributed by atoms with Crippen molar-refractivity contribution in [1.82, 2.24) is 15.5 Å². The predicted octanol–water partition coefficient (Wildman–Crippen LogP) is 1.57. The van der Waals surface area contributed by atoms with Gasteiger partial charge in [-0.3, -0.25) is 9.69 Å². The lowest BCUT2D eigenvalue weighted by molar-refractivity contribution is -0.127. The number of rotatable bonds is 8. The highest BCUT2D eigenvalue weighted by molar-refractivity contribution is 5.89. The minimum atomic E-state index is -0.307. The SMILES string of the molecule is CCCCNC(=NCc1ccc(N2CCOC2=O)cc1)NCC(=O)N(C)C. The van der Waals surface area contributed by atoms with Crippen LogP contribution in [0.2, 0.25) is 0 Å². The van der Waals surface area contributed by atoms with Gasteiger partial charge in [0.15, 0.2) is 5.96 Å². The van der Waals surface area contributed by atoms with E-state index in [1.807, 2.05) is 24.3 Å². The smallest absolute Gasteiger partial charge is 0.414 e. The van der Waals surface area contributed by atoms with Crippen molar-refractivity contribution < 1.29 is 14.3 Å². The fourth-order valence-corrected chi connectivity index (χ4v) is 2.45. The van der Waals surface area contributed by atoms with Gasteiger partial charge in [-0.1, -0.05) is 25.5 Å². The van der Waals surface area contributed by atoms with Gasteiger partial charge in [0.1, 0.15) is 6.61 Å². The van der Waals surface area contributed by atoms with Crippen molar-refractivity contribution in [2.45, 2.75) is 26.3 Å². The topological polar surface area (TPSA) is 86.3 Å². The second-order valence-corrected chi connectivity index (χ2v) is 6.52. The highest BCUT2D eigenvalue weighted by atomic mass is 16.6. The van der Waals surface area contributed by atoms with Gasteiger partial charge in [-0.25, -0.2) is 9.79 Å². The summed E-state index contributed by atoms with van der Waals surface area (Å²) in [5.74, 6) is 0.604. The van der Waals surface area contributed by atoms with E-state index in [-0.39, 0.29) is 18.5 Å². The summed E-state index contributed by atoms with van der Waals surface area (Å²) in [6.07, 6.45) is 1.80. The number of aliphatic imine (C=N–C) groups is 1. The summed E-state index contributed by atoms with van der Waals surface area (Å²) in [6, 6.07) is 7.67. The fraction of sp³-hybridized carbons (Fsp3) is 0.526. The summed E-state index contributed by atoms with van der Waals surface area (Å²) in [6.45, 7) is 4.59.